The van der Waals surface area contributed by atoms with Crippen molar-refractivity contribution in [3.63, 3.8) is 0 Å². The highest BCUT2D eigenvalue weighted by Crippen LogP contribution is 2.20. The summed E-state index contributed by atoms with van der Waals surface area (Å²) in [5.41, 5.74) is 0.975. The number of rotatable bonds is 6. The molecule has 2 aromatic rings. The molecule has 3 rings (SSSR count). The lowest BCUT2D eigenvalue weighted by atomic mass is 10.2. The third-order valence-corrected chi connectivity index (χ3v) is 4.88. The molecule has 0 atom stereocenters. The van der Waals surface area contributed by atoms with E-state index in [1.807, 2.05) is 19.9 Å². The number of benzene rings is 1. The van der Waals surface area contributed by atoms with Crippen LogP contribution in [0.4, 0.5) is 5.69 Å². The molecule has 1 aliphatic rings. The molecule has 0 bridgehead atoms. The van der Waals surface area contributed by atoms with E-state index < -0.39 is 0 Å². The van der Waals surface area contributed by atoms with Crippen molar-refractivity contribution in [3.05, 3.63) is 40.5 Å². The fraction of sp³-hybridized carbons (Fsp3) is 0.474. The molecular weight excluding hydrogens is 380 g/mol. The predicted octanol–water partition coefficient (Wildman–Crippen LogP) is 2.47. The first kappa shape index (κ1) is 20.3. The van der Waals surface area contributed by atoms with E-state index in [2.05, 4.69) is 25.3 Å². The van der Waals surface area contributed by atoms with Crippen molar-refractivity contribution in [2.24, 2.45) is 0 Å². The average Bonchev–Trinajstić information content (AvgIpc) is 3.12. The first-order chi connectivity index (χ1) is 13.4. The fourth-order valence-electron chi connectivity index (χ4n) is 2.95. The summed E-state index contributed by atoms with van der Waals surface area (Å²) in [6.07, 6.45) is 0. The molecule has 1 aromatic carbocycles. The zero-order chi connectivity index (χ0) is 20.1. The number of hydrogen-bond acceptors (Lipinski definition) is 7. The third kappa shape index (κ3) is 5.29. The van der Waals surface area contributed by atoms with Crippen molar-refractivity contribution in [1.82, 2.24) is 19.9 Å². The standard InChI is InChI=1S/C19H23ClN6O2/c1-13(2)19-23-18(28-24-19)12-26-7-5-25(6-8-26)11-17(27)22-15-4-3-14(10-21)16(20)9-15/h3-4,9,13H,5-8,11-12H2,1-2H3,(H,22,27). The van der Waals surface area contributed by atoms with Gasteiger partial charge in [-0.1, -0.05) is 30.6 Å². The zero-order valence-electron chi connectivity index (χ0n) is 16.0. The van der Waals surface area contributed by atoms with Gasteiger partial charge in [0.1, 0.15) is 6.07 Å². The number of carbonyl (C=O) groups is 1. The summed E-state index contributed by atoms with van der Waals surface area (Å²) in [4.78, 5) is 21.0. The number of piperazine rings is 1. The first-order valence-corrected chi connectivity index (χ1v) is 9.59. The molecule has 1 fully saturated rings. The maximum absolute atomic E-state index is 12.3. The minimum Gasteiger partial charge on any atom is -0.338 e. The Bertz CT molecular complexity index is 868. The molecule has 2 heterocycles. The van der Waals surface area contributed by atoms with E-state index in [0.29, 0.717) is 35.3 Å². The van der Waals surface area contributed by atoms with Crippen molar-refractivity contribution in [1.29, 1.82) is 5.26 Å². The van der Waals surface area contributed by atoms with Crippen LogP contribution < -0.4 is 5.32 Å². The fourth-order valence-corrected chi connectivity index (χ4v) is 3.17. The normalized spacial score (nSPS) is 15.5. The molecule has 0 unspecified atom stereocenters. The number of hydrogen-bond donors (Lipinski definition) is 1. The summed E-state index contributed by atoms with van der Waals surface area (Å²) in [6.45, 7) is 8.23. The molecule has 8 nitrogen and oxygen atoms in total. The Kier molecular flexibility index (Phi) is 6.62. The van der Waals surface area contributed by atoms with Crippen LogP contribution in [-0.2, 0) is 11.3 Å². The van der Waals surface area contributed by atoms with Gasteiger partial charge in [-0.2, -0.15) is 10.2 Å². The van der Waals surface area contributed by atoms with Crippen molar-refractivity contribution in [2.75, 3.05) is 38.0 Å². The minimum atomic E-state index is -0.104. The van der Waals surface area contributed by atoms with E-state index in [-0.39, 0.29) is 11.8 Å². The van der Waals surface area contributed by atoms with Gasteiger partial charge < -0.3 is 9.84 Å². The maximum atomic E-state index is 12.3. The lowest BCUT2D eigenvalue weighted by molar-refractivity contribution is -0.117. The highest BCUT2D eigenvalue weighted by Gasteiger charge is 2.21. The smallest absolute Gasteiger partial charge is 0.240 e. The van der Waals surface area contributed by atoms with Crippen molar-refractivity contribution in [3.8, 4) is 6.07 Å². The molecule has 1 amide bonds. The van der Waals surface area contributed by atoms with E-state index >= 15 is 0 Å². The Morgan fingerprint density at radius 3 is 2.64 bits per heavy atom. The summed E-state index contributed by atoms with van der Waals surface area (Å²) < 4.78 is 5.30. The van der Waals surface area contributed by atoms with E-state index in [9.17, 15) is 4.79 Å². The number of carbonyl (C=O) groups excluding carboxylic acids is 1. The summed E-state index contributed by atoms with van der Waals surface area (Å²) in [7, 11) is 0. The second kappa shape index (κ2) is 9.15. The lowest BCUT2D eigenvalue weighted by Crippen LogP contribution is -2.48. The molecule has 0 spiro atoms. The Morgan fingerprint density at radius 2 is 2.04 bits per heavy atom. The van der Waals surface area contributed by atoms with Crippen molar-refractivity contribution < 1.29 is 9.32 Å². The first-order valence-electron chi connectivity index (χ1n) is 9.21. The molecular formula is C19H23ClN6O2. The molecule has 1 saturated heterocycles. The van der Waals surface area contributed by atoms with Gasteiger partial charge in [0.25, 0.3) is 0 Å². The predicted molar refractivity (Wildman–Crippen MR) is 105 cm³/mol. The number of aromatic nitrogens is 2. The van der Waals surface area contributed by atoms with Crippen LogP contribution >= 0.6 is 11.6 Å². The number of nitrogens with one attached hydrogen (secondary N) is 1. The van der Waals surface area contributed by atoms with Gasteiger partial charge in [-0.25, -0.2) is 0 Å². The summed E-state index contributed by atoms with van der Waals surface area (Å²) >= 11 is 6.00. The minimum absolute atomic E-state index is 0.104. The molecule has 0 radical (unpaired) electrons. The van der Waals surface area contributed by atoms with Crippen LogP contribution in [-0.4, -0.2) is 58.6 Å². The van der Waals surface area contributed by atoms with Gasteiger partial charge in [0.2, 0.25) is 11.8 Å². The zero-order valence-corrected chi connectivity index (χ0v) is 16.7. The van der Waals surface area contributed by atoms with Crippen LogP contribution in [0.3, 0.4) is 0 Å². The van der Waals surface area contributed by atoms with Crippen LogP contribution in [0.25, 0.3) is 0 Å². The molecule has 148 valence electrons. The largest absolute Gasteiger partial charge is 0.338 e. The van der Waals surface area contributed by atoms with Gasteiger partial charge >= 0.3 is 0 Å². The third-order valence-electron chi connectivity index (χ3n) is 4.56. The molecule has 28 heavy (non-hydrogen) atoms. The highest BCUT2D eigenvalue weighted by atomic mass is 35.5. The number of nitrogens with zero attached hydrogens (tertiary/aromatic N) is 5. The quantitative estimate of drug-likeness (QED) is 0.792. The number of nitriles is 1. The van der Waals surface area contributed by atoms with Crippen LogP contribution in [0.15, 0.2) is 22.7 Å². The maximum Gasteiger partial charge on any atom is 0.240 e. The monoisotopic (exact) mass is 402 g/mol. The molecule has 1 N–H and O–H groups in total. The van der Waals surface area contributed by atoms with Gasteiger partial charge in [0, 0.05) is 37.8 Å². The summed E-state index contributed by atoms with van der Waals surface area (Å²) in [6, 6.07) is 6.86. The second-order valence-electron chi connectivity index (χ2n) is 7.11. The van der Waals surface area contributed by atoms with E-state index in [1.165, 1.54) is 0 Å². The van der Waals surface area contributed by atoms with E-state index in [0.717, 1.165) is 32.0 Å². The number of anilines is 1. The summed E-state index contributed by atoms with van der Waals surface area (Å²) in [5.74, 6) is 1.51. The van der Waals surface area contributed by atoms with Crippen LogP contribution in [0.2, 0.25) is 5.02 Å². The SMILES string of the molecule is CC(C)c1noc(CN2CCN(CC(=O)Nc3ccc(C#N)c(Cl)c3)CC2)n1. The Morgan fingerprint density at radius 1 is 1.32 bits per heavy atom. The molecule has 1 aromatic heterocycles. The van der Waals surface area contributed by atoms with Crippen molar-refractivity contribution >= 4 is 23.2 Å². The van der Waals surface area contributed by atoms with E-state index in [1.54, 1.807) is 18.2 Å². The molecule has 9 heteroatoms. The Balaban J connectivity index is 1.44. The van der Waals surface area contributed by atoms with Gasteiger partial charge in [-0.3, -0.25) is 14.6 Å². The van der Waals surface area contributed by atoms with Crippen LogP contribution in [0, 0.1) is 11.3 Å². The Hall–Kier alpha value is -2.47. The second-order valence-corrected chi connectivity index (χ2v) is 7.52. The lowest BCUT2D eigenvalue weighted by Gasteiger charge is -2.33. The number of amides is 1. The van der Waals surface area contributed by atoms with Gasteiger partial charge in [0.05, 0.1) is 23.7 Å². The molecule has 0 aliphatic carbocycles. The van der Waals surface area contributed by atoms with Gasteiger partial charge in [-0.05, 0) is 18.2 Å². The van der Waals surface area contributed by atoms with Gasteiger partial charge in [-0.15, -0.1) is 0 Å². The average molecular weight is 403 g/mol. The van der Waals surface area contributed by atoms with Crippen molar-refractivity contribution in [2.45, 2.75) is 26.3 Å². The van der Waals surface area contributed by atoms with E-state index in [4.69, 9.17) is 21.4 Å². The topological polar surface area (TPSA) is 98.3 Å². The highest BCUT2D eigenvalue weighted by molar-refractivity contribution is 6.32. The molecule has 1 aliphatic heterocycles. The van der Waals surface area contributed by atoms with Gasteiger partial charge in [0.15, 0.2) is 5.82 Å². The molecule has 0 saturated carbocycles. The number of halogens is 1. The van der Waals surface area contributed by atoms with Crippen LogP contribution in [0.5, 0.6) is 0 Å². The van der Waals surface area contributed by atoms with Crippen LogP contribution in [0.1, 0.15) is 37.0 Å². The Labute approximate surface area is 169 Å². The summed E-state index contributed by atoms with van der Waals surface area (Å²) in [5, 5.41) is 16.0.